The SMILES string of the molecule is COC(=O)[C@@H]1O[C@@](C)(OC)[C@](C)(OC)O[C@@H]1/C=C/C(=O)OC(C)(C)C. The maximum atomic E-state index is 12.1. The summed E-state index contributed by atoms with van der Waals surface area (Å²) in [5, 5.41) is 0. The van der Waals surface area contributed by atoms with Crippen molar-refractivity contribution in [3.8, 4) is 0 Å². The van der Waals surface area contributed by atoms with Crippen molar-refractivity contribution in [2.75, 3.05) is 21.3 Å². The molecule has 0 radical (unpaired) electrons. The van der Waals surface area contributed by atoms with Crippen molar-refractivity contribution >= 4 is 11.9 Å². The van der Waals surface area contributed by atoms with Crippen LogP contribution >= 0.6 is 0 Å². The van der Waals surface area contributed by atoms with Crippen LogP contribution in [0, 0.1) is 0 Å². The maximum Gasteiger partial charge on any atom is 0.338 e. The number of esters is 2. The fourth-order valence-electron chi connectivity index (χ4n) is 2.26. The molecule has 0 amide bonds. The van der Waals surface area contributed by atoms with Gasteiger partial charge in [-0.15, -0.1) is 0 Å². The van der Waals surface area contributed by atoms with E-state index in [9.17, 15) is 9.59 Å². The van der Waals surface area contributed by atoms with Crippen LogP contribution in [0.1, 0.15) is 34.6 Å². The molecule has 4 atom stereocenters. The number of methoxy groups -OCH3 is 3. The van der Waals surface area contributed by atoms with E-state index in [4.69, 9.17) is 28.4 Å². The molecule has 0 N–H and O–H groups in total. The summed E-state index contributed by atoms with van der Waals surface area (Å²) in [6.07, 6.45) is 0.480. The molecular formula is C17H28O8. The molecule has 0 aromatic rings. The van der Waals surface area contributed by atoms with Crippen LogP contribution in [0.2, 0.25) is 0 Å². The van der Waals surface area contributed by atoms with Crippen LogP contribution in [0.15, 0.2) is 12.2 Å². The third kappa shape index (κ3) is 5.01. The minimum Gasteiger partial charge on any atom is -0.467 e. The maximum absolute atomic E-state index is 12.1. The molecule has 1 saturated heterocycles. The van der Waals surface area contributed by atoms with E-state index in [2.05, 4.69) is 0 Å². The van der Waals surface area contributed by atoms with Crippen molar-refractivity contribution in [1.29, 1.82) is 0 Å². The lowest BCUT2D eigenvalue weighted by molar-refractivity contribution is -0.438. The van der Waals surface area contributed by atoms with Crippen molar-refractivity contribution in [3.63, 3.8) is 0 Å². The molecule has 1 aliphatic rings. The van der Waals surface area contributed by atoms with Crippen LogP contribution in [0.25, 0.3) is 0 Å². The third-order valence-electron chi connectivity index (χ3n) is 3.88. The molecule has 25 heavy (non-hydrogen) atoms. The molecule has 0 aromatic heterocycles. The molecule has 0 spiro atoms. The van der Waals surface area contributed by atoms with Crippen LogP contribution in [0.3, 0.4) is 0 Å². The number of carbonyl (C=O) groups is 2. The first-order valence-corrected chi connectivity index (χ1v) is 7.86. The second kappa shape index (κ2) is 7.82. The number of ether oxygens (including phenoxy) is 6. The molecule has 1 aliphatic heterocycles. The van der Waals surface area contributed by atoms with E-state index < -0.39 is 41.3 Å². The molecule has 1 fully saturated rings. The Morgan fingerprint density at radius 3 is 1.96 bits per heavy atom. The van der Waals surface area contributed by atoms with Gasteiger partial charge < -0.3 is 28.4 Å². The van der Waals surface area contributed by atoms with Crippen molar-refractivity contribution in [2.45, 2.75) is 64.0 Å². The topological polar surface area (TPSA) is 89.5 Å². The zero-order valence-electron chi connectivity index (χ0n) is 16.1. The van der Waals surface area contributed by atoms with Crippen molar-refractivity contribution in [1.82, 2.24) is 0 Å². The predicted octanol–water partition coefficient (Wildman–Crippen LogP) is 1.57. The molecule has 1 heterocycles. The third-order valence-corrected chi connectivity index (χ3v) is 3.88. The molecule has 1 rings (SSSR count). The summed E-state index contributed by atoms with van der Waals surface area (Å²) in [6, 6.07) is 0. The standard InChI is InChI=1S/C17H28O8/c1-15(2,3)24-12(18)10-9-11-13(14(19)20-6)25-17(5,22-8)16(4,21-7)23-11/h9-11,13H,1-8H3/b10-9+/t11-,13-,16-,17-/m1/s1. The predicted molar refractivity (Wildman–Crippen MR) is 87.6 cm³/mol. The van der Waals surface area contributed by atoms with Gasteiger partial charge in [-0.1, -0.05) is 0 Å². The van der Waals surface area contributed by atoms with Gasteiger partial charge in [0.1, 0.15) is 11.7 Å². The van der Waals surface area contributed by atoms with Gasteiger partial charge in [0.2, 0.25) is 11.6 Å². The van der Waals surface area contributed by atoms with Crippen LogP contribution < -0.4 is 0 Å². The molecule has 144 valence electrons. The van der Waals surface area contributed by atoms with E-state index >= 15 is 0 Å². The number of hydrogen-bond acceptors (Lipinski definition) is 8. The van der Waals surface area contributed by atoms with Gasteiger partial charge >= 0.3 is 11.9 Å². The number of hydrogen-bond donors (Lipinski definition) is 0. The molecule has 8 heteroatoms. The summed E-state index contributed by atoms with van der Waals surface area (Å²) in [4.78, 5) is 24.0. The summed E-state index contributed by atoms with van der Waals surface area (Å²) in [6.45, 7) is 8.45. The Labute approximate surface area is 148 Å². The van der Waals surface area contributed by atoms with Crippen LogP contribution in [-0.4, -0.2) is 62.7 Å². The highest BCUT2D eigenvalue weighted by molar-refractivity contribution is 5.83. The Bertz CT molecular complexity index is 523. The van der Waals surface area contributed by atoms with E-state index in [-0.39, 0.29) is 0 Å². The molecule has 0 aliphatic carbocycles. The highest BCUT2D eigenvalue weighted by Gasteiger charge is 2.58. The minimum atomic E-state index is -1.36. The minimum absolute atomic E-state index is 0.570. The lowest BCUT2D eigenvalue weighted by atomic mass is 10.0. The molecule has 0 unspecified atom stereocenters. The number of carbonyl (C=O) groups excluding carboxylic acids is 2. The summed E-state index contributed by atoms with van der Waals surface area (Å²) >= 11 is 0. The molecular weight excluding hydrogens is 332 g/mol. The van der Waals surface area contributed by atoms with Gasteiger partial charge in [-0.05, 0) is 40.7 Å². The molecule has 0 saturated carbocycles. The van der Waals surface area contributed by atoms with Gasteiger partial charge in [0.15, 0.2) is 6.10 Å². The van der Waals surface area contributed by atoms with Crippen molar-refractivity contribution in [2.24, 2.45) is 0 Å². The summed E-state index contributed by atoms with van der Waals surface area (Å²) in [7, 11) is 4.06. The van der Waals surface area contributed by atoms with E-state index in [1.54, 1.807) is 34.6 Å². The Morgan fingerprint density at radius 2 is 1.52 bits per heavy atom. The first-order valence-electron chi connectivity index (χ1n) is 7.86. The first kappa shape index (κ1) is 21.6. The van der Waals surface area contributed by atoms with Crippen molar-refractivity contribution in [3.05, 3.63) is 12.2 Å². The molecule has 0 aromatic carbocycles. The van der Waals surface area contributed by atoms with Crippen molar-refractivity contribution < 1.29 is 38.0 Å². The average Bonchev–Trinajstić information content (AvgIpc) is 2.53. The summed E-state index contributed by atoms with van der Waals surface area (Å²) < 4.78 is 32.4. The van der Waals surface area contributed by atoms with E-state index in [1.165, 1.54) is 33.5 Å². The fraction of sp³-hybridized carbons (Fsp3) is 0.765. The lowest BCUT2D eigenvalue weighted by Crippen LogP contribution is -2.66. The van der Waals surface area contributed by atoms with Gasteiger partial charge in [0.05, 0.1) is 7.11 Å². The molecule has 0 bridgehead atoms. The van der Waals surface area contributed by atoms with Crippen LogP contribution in [0.4, 0.5) is 0 Å². The average molecular weight is 360 g/mol. The Balaban J connectivity index is 3.09. The zero-order chi connectivity index (χ0) is 19.5. The van der Waals surface area contributed by atoms with E-state index in [1.807, 2.05) is 0 Å². The van der Waals surface area contributed by atoms with Gasteiger partial charge in [-0.2, -0.15) is 0 Å². The zero-order valence-corrected chi connectivity index (χ0v) is 16.1. The smallest absolute Gasteiger partial charge is 0.338 e. The quantitative estimate of drug-likeness (QED) is 0.539. The second-order valence-electron chi connectivity index (χ2n) is 6.84. The fourth-order valence-corrected chi connectivity index (χ4v) is 2.26. The highest BCUT2D eigenvalue weighted by Crippen LogP contribution is 2.39. The Morgan fingerprint density at radius 1 is 1.00 bits per heavy atom. The van der Waals surface area contributed by atoms with Crippen LogP contribution in [0.5, 0.6) is 0 Å². The summed E-state index contributed by atoms with van der Waals surface area (Å²) in [5.74, 6) is -3.93. The summed E-state index contributed by atoms with van der Waals surface area (Å²) in [5.41, 5.74) is -0.636. The van der Waals surface area contributed by atoms with Gasteiger partial charge in [0.25, 0.3) is 0 Å². The van der Waals surface area contributed by atoms with Gasteiger partial charge in [-0.3, -0.25) is 0 Å². The normalized spacial score (nSPS) is 33.3. The number of rotatable bonds is 5. The van der Waals surface area contributed by atoms with E-state index in [0.717, 1.165) is 0 Å². The Kier molecular flexibility index (Phi) is 6.74. The first-order chi connectivity index (χ1) is 11.4. The second-order valence-corrected chi connectivity index (χ2v) is 6.84. The monoisotopic (exact) mass is 360 g/mol. The largest absolute Gasteiger partial charge is 0.467 e. The van der Waals surface area contributed by atoms with E-state index in [0.29, 0.717) is 0 Å². The molecule has 8 nitrogen and oxygen atoms in total. The lowest BCUT2D eigenvalue weighted by Gasteiger charge is -2.50. The Hall–Kier alpha value is -1.48. The van der Waals surface area contributed by atoms with Crippen LogP contribution in [-0.2, 0) is 38.0 Å². The van der Waals surface area contributed by atoms with Gasteiger partial charge in [0, 0.05) is 20.3 Å². The van der Waals surface area contributed by atoms with Gasteiger partial charge in [-0.25, -0.2) is 9.59 Å². The highest BCUT2D eigenvalue weighted by atomic mass is 16.8.